The summed E-state index contributed by atoms with van der Waals surface area (Å²) in [7, 11) is 0. The first-order valence-corrected chi connectivity index (χ1v) is 8.32. The predicted octanol–water partition coefficient (Wildman–Crippen LogP) is 4.61. The van der Waals surface area contributed by atoms with Gasteiger partial charge < -0.3 is 5.32 Å². The molecule has 4 nitrogen and oxygen atoms in total. The van der Waals surface area contributed by atoms with Gasteiger partial charge in [0, 0.05) is 11.5 Å². The van der Waals surface area contributed by atoms with E-state index in [1.165, 1.54) is 19.3 Å². The molecular weight excluding hydrogens is 292 g/mol. The number of aromatic nitrogens is 3. The third kappa shape index (κ3) is 2.72. The Kier molecular flexibility index (Phi) is 3.56. The van der Waals surface area contributed by atoms with Crippen molar-refractivity contribution in [2.24, 2.45) is 0 Å². The topological polar surface area (TPSA) is 50.7 Å². The average molecular weight is 308 g/mol. The quantitative estimate of drug-likeness (QED) is 0.764. The van der Waals surface area contributed by atoms with E-state index in [-0.39, 0.29) is 0 Å². The van der Waals surface area contributed by atoms with Crippen LogP contribution in [0.2, 0.25) is 0 Å². The van der Waals surface area contributed by atoms with Crippen molar-refractivity contribution in [2.75, 3.05) is 5.32 Å². The number of rotatable bonds is 4. The predicted molar refractivity (Wildman–Crippen MR) is 89.5 cm³/mol. The van der Waals surface area contributed by atoms with E-state index >= 15 is 0 Å². The summed E-state index contributed by atoms with van der Waals surface area (Å²) in [6, 6.07) is 14.2. The van der Waals surface area contributed by atoms with Crippen LogP contribution in [-0.2, 0) is 0 Å². The third-order valence-electron chi connectivity index (χ3n) is 3.98. The van der Waals surface area contributed by atoms with Crippen molar-refractivity contribution in [1.29, 1.82) is 0 Å². The number of nitrogens with zero attached hydrogens (tertiary/aromatic N) is 3. The van der Waals surface area contributed by atoms with Crippen molar-refractivity contribution in [1.82, 2.24) is 15.2 Å². The summed E-state index contributed by atoms with van der Waals surface area (Å²) in [4.78, 5) is 4.51. The van der Waals surface area contributed by atoms with Crippen molar-refractivity contribution in [3.05, 3.63) is 53.7 Å². The molecule has 22 heavy (non-hydrogen) atoms. The van der Waals surface area contributed by atoms with Crippen LogP contribution in [0.15, 0.2) is 48.7 Å². The summed E-state index contributed by atoms with van der Waals surface area (Å²) in [5.41, 5.74) is 3.03. The van der Waals surface area contributed by atoms with Gasteiger partial charge in [0.2, 0.25) is 5.13 Å². The molecule has 1 aromatic carbocycles. The molecule has 0 amide bonds. The Morgan fingerprint density at radius 1 is 1.00 bits per heavy atom. The van der Waals surface area contributed by atoms with Gasteiger partial charge in [0.15, 0.2) is 0 Å². The fourth-order valence-corrected chi connectivity index (χ4v) is 3.41. The Bertz CT molecular complexity index is 748. The van der Waals surface area contributed by atoms with E-state index in [1.807, 2.05) is 36.5 Å². The first kappa shape index (κ1) is 13.4. The van der Waals surface area contributed by atoms with E-state index in [0.29, 0.717) is 5.92 Å². The molecule has 5 heteroatoms. The fourth-order valence-electron chi connectivity index (χ4n) is 2.48. The zero-order valence-corrected chi connectivity index (χ0v) is 12.9. The maximum Gasteiger partial charge on any atom is 0.210 e. The van der Waals surface area contributed by atoms with Gasteiger partial charge in [0.05, 0.1) is 17.6 Å². The molecule has 1 aliphatic rings. The minimum atomic E-state index is 0.631. The standard InChI is InChI=1S/C17H16N4S/c1-2-5-12(6-3-1)15-10-9-14(11-18-15)19-17-21-20-16(22-17)13-7-4-8-13/h1-3,5-6,9-11,13H,4,7-8H2,(H,19,21). The second-order valence-electron chi connectivity index (χ2n) is 5.50. The number of pyridine rings is 1. The molecule has 0 radical (unpaired) electrons. The SMILES string of the molecule is c1ccc(-c2ccc(Nc3nnc(C4CCC4)s3)cn2)cc1. The Hall–Kier alpha value is -2.27. The maximum atomic E-state index is 4.51. The first-order valence-electron chi connectivity index (χ1n) is 7.50. The van der Waals surface area contributed by atoms with Gasteiger partial charge in [-0.1, -0.05) is 48.1 Å². The third-order valence-corrected chi connectivity index (χ3v) is 4.98. The molecule has 0 aliphatic heterocycles. The number of nitrogens with one attached hydrogen (secondary N) is 1. The molecule has 3 aromatic rings. The van der Waals surface area contributed by atoms with E-state index < -0.39 is 0 Å². The summed E-state index contributed by atoms with van der Waals surface area (Å²) >= 11 is 1.65. The smallest absolute Gasteiger partial charge is 0.210 e. The van der Waals surface area contributed by atoms with Crippen molar-refractivity contribution in [3.63, 3.8) is 0 Å². The molecule has 0 unspecified atom stereocenters. The first-order chi connectivity index (χ1) is 10.9. The average Bonchev–Trinajstić information content (AvgIpc) is 2.95. The molecule has 1 saturated carbocycles. The Morgan fingerprint density at radius 2 is 1.86 bits per heavy atom. The van der Waals surface area contributed by atoms with E-state index in [4.69, 9.17) is 0 Å². The van der Waals surface area contributed by atoms with E-state index in [0.717, 1.165) is 27.1 Å². The normalized spacial score (nSPS) is 14.5. The van der Waals surface area contributed by atoms with Crippen LogP contribution in [-0.4, -0.2) is 15.2 Å². The molecule has 2 heterocycles. The molecule has 1 fully saturated rings. The van der Waals surface area contributed by atoms with Gasteiger partial charge in [0.25, 0.3) is 0 Å². The van der Waals surface area contributed by atoms with Crippen molar-refractivity contribution >= 4 is 22.2 Å². The molecule has 2 aromatic heterocycles. The molecule has 4 rings (SSSR count). The van der Waals surface area contributed by atoms with Gasteiger partial charge in [-0.05, 0) is 25.0 Å². The largest absolute Gasteiger partial charge is 0.329 e. The lowest BCUT2D eigenvalue weighted by Gasteiger charge is -2.21. The zero-order valence-electron chi connectivity index (χ0n) is 12.1. The van der Waals surface area contributed by atoms with Crippen LogP contribution in [0.1, 0.15) is 30.2 Å². The summed E-state index contributed by atoms with van der Waals surface area (Å²) in [6.07, 6.45) is 5.66. The van der Waals surface area contributed by atoms with E-state index in [2.05, 4.69) is 32.6 Å². The van der Waals surface area contributed by atoms with Crippen LogP contribution in [0.4, 0.5) is 10.8 Å². The maximum absolute atomic E-state index is 4.51. The lowest BCUT2D eigenvalue weighted by molar-refractivity contribution is 0.416. The molecular formula is C17H16N4S. The minimum Gasteiger partial charge on any atom is -0.329 e. The molecule has 0 spiro atoms. The van der Waals surface area contributed by atoms with Crippen LogP contribution >= 0.6 is 11.3 Å². The summed E-state index contributed by atoms with van der Waals surface area (Å²) < 4.78 is 0. The Morgan fingerprint density at radius 3 is 2.55 bits per heavy atom. The fraction of sp³-hybridized carbons (Fsp3) is 0.235. The molecule has 0 atom stereocenters. The number of anilines is 2. The van der Waals surface area contributed by atoms with Crippen molar-refractivity contribution in [2.45, 2.75) is 25.2 Å². The lowest BCUT2D eigenvalue weighted by atomic mass is 9.86. The van der Waals surface area contributed by atoms with Gasteiger partial charge >= 0.3 is 0 Å². The van der Waals surface area contributed by atoms with Gasteiger partial charge in [-0.15, -0.1) is 10.2 Å². The number of benzene rings is 1. The van der Waals surface area contributed by atoms with Crippen LogP contribution in [0.5, 0.6) is 0 Å². The monoisotopic (exact) mass is 308 g/mol. The summed E-state index contributed by atoms with van der Waals surface area (Å²) in [6.45, 7) is 0. The van der Waals surface area contributed by atoms with Gasteiger partial charge in [-0.2, -0.15) is 0 Å². The summed E-state index contributed by atoms with van der Waals surface area (Å²) in [5, 5.41) is 13.8. The van der Waals surface area contributed by atoms with Crippen molar-refractivity contribution < 1.29 is 0 Å². The van der Waals surface area contributed by atoms with Crippen LogP contribution < -0.4 is 5.32 Å². The second kappa shape index (κ2) is 5.85. The van der Waals surface area contributed by atoms with E-state index in [1.54, 1.807) is 11.3 Å². The molecule has 1 aliphatic carbocycles. The van der Waals surface area contributed by atoms with Gasteiger partial charge in [-0.25, -0.2) is 0 Å². The number of hydrogen-bond acceptors (Lipinski definition) is 5. The Balaban J connectivity index is 1.48. The molecule has 110 valence electrons. The van der Waals surface area contributed by atoms with E-state index in [9.17, 15) is 0 Å². The van der Waals surface area contributed by atoms with Crippen LogP contribution in [0, 0.1) is 0 Å². The van der Waals surface area contributed by atoms with Gasteiger partial charge in [-0.3, -0.25) is 4.98 Å². The molecule has 0 bridgehead atoms. The second-order valence-corrected chi connectivity index (χ2v) is 6.51. The highest BCUT2D eigenvalue weighted by atomic mass is 32.1. The molecule has 0 saturated heterocycles. The highest BCUT2D eigenvalue weighted by Gasteiger charge is 2.23. The highest BCUT2D eigenvalue weighted by Crippen LogP contribution is 2.38. The Labute approximate surface area is 133 Å². The minimum absolute atomic E-state index is 0.631. The zero-order chi connectivity index (χ0) is 14.8. The lowest BCUT2D eigenvalue weighted by Crippen LogP contribution is -2.07. The van der Waals surface area contributed by atoms with Gasteiger partial charge in [0.1, 0.15) is 5.01 Å². The molecule has 1 N–H and O–H groups in total. The summed E-state index contributed by atoms with van der Waals surface area (Å²) in [5.74, 6) is 0.631. The van der Waals surface area contributed by atoms with Crippen LogP contribution in [0.3, 0.4) is 0 Å². The highest BCUT2D eigenvalue weighted by molar-refractivity contribution is 7.15. The number of hydrogen-bond donors (Lipinski definition) is 1. The van der Waals surface area contributed by atoms with Crippen LogP contribution in [0.25, 0.3) is 11.3 Å². The van der Waals surface area contributed by atoms with Crippen molar-refractivity contribution in [3.8, 4) is 11.3 Å².